The number of benzene rings is 1. The minimum Gasteiger partial charge on any atom is -0.329 e. The summed E-state index contributed by atoms with van der Waals surface area (Å²) in [6, 6.07) is 5.71. The monoisotopic (exact) mass is 286 g/mol. The Morgan fingerprint density at radius 3 is 2.50 bits per heavy atom. The van der Waals surface area contributed by atoms with Crippen molar-refractivity contribution in [2.75, 3.05) is 19.6 Å². The Morgan fingerprint density at radius 2 is 1.94 bits per heavy atom. The fourth-order valence-electron chi connectivity index (χ4n) is 2.65. The number of rotatable bonds is 4. The van der Waals surface area contributed by atoms with E-state index in [0.29, 0.717) is 11.6 Å². The predicted octanol–water partition coefficient (Wildman–Crippen LogP) is 3.35. The number of likely N-dealkylation sites (tertiary alicyclic amines) is 1. The number of hydrogen-bond donors (Lipinski definition) is 1. The number of nitrogens with zero attached hydrogens (tertiary/aromatic N) is 1. The van der Waals surface area contributed by atoms with Gasteiger partial charge < -0.3 is 5.73 Å². The highest BCUT2D eigenvalue weighted by Gasteiger charge is 2.32. The first-order chi connectivity index (χ1) is 8.55. The lowest BCUT2D eigenvalue weighted by molar-refractivity contribution is 0.143. The van der Waals surface area contributed by atoms with E-state index in [-0.39, 0.29) is 5.54 Å². The fourth-order valence-corrected chi connectivity index (χ4v) is 3.12. The molecule has 0 saturated carbocycles. The molecule has 0 radical (unpaired) electrons. The molecule has 1 aliphatic heterocycles. The van der Waals surface area contributed by atoms with Gasteiger partial charge in [-0.1, -0.05) is 29.3 Å². The van der Waals surface area contributed by atoms with E-state index in [2.05, 4.69) is 11.8 Å². The van der Waals surface area contributed by atoms with Crippen molar-refractivity contribution in [2.24, 2.45) is 5.73 Å². The van der Waals surface area contributed by atoms with E-state index in [0.717, 1.165) is 30.1 Å². The zero-order chi connectivity index (χ0) is 13.2. The van der Waals surface area contributed by atoms with Gasteiger partial charge in [0.2, 0.25) is 0 Å². The van der Waals surface area contributed by atoms with E-state index >= 15 is 0 Å². The molecule has 2 rings (SSSR count). The van der Waals surface area contributed by atoms with Crippen molar-refractivity contribution in [3.63, 3.8) is 0 Å². The van der Waals surface area contributed by atoms with Crippen LogP contribution in [-0.2, 0) is 6.42 Å². The van der Waals surface area contributed by atoms with Gasteiger partial charge in [0.05, 0.1) is 0 Å². The van der Waals surface area contributed by atoms with Crippen molar-refractivity contribution in [3.8, 4) is 0 Å². The van der Waals surface area contributed by atoms with E-state index in [9.17, 15) is 0 Å². The van der Waals surface area contributed by atoms with E-state index in [4.69, 9.17) is 28.9 Å². The molecule has 1 heterocycles. The Morgan fingerprint density at radius 1 is 1.28 bits per heavy atom. The highest BCUT2D eigenvalue weighted by Crippen LogP contribution is 2.29. The topological polar surface area (TPSA) is 29.3 Å². The molecule has 2 N–H and O–H groups in total. The fraction of sp³-hybridized carbons (Fsp3) is 0.571. The SMILES string of the molecule is CC(CN)(Cc1ccc(Cl)cc1Cl)N1CCCC1. The summed E-state index contributed by atoms with van der Waals surface area (Å²) in [5.74, 6) is 0. The average Bonchev–Trinajstić information content (AvgIpc) is 2.87. The first-order valence-corrected chi connectivity index (χ1v) is 7.20. The van der Waals surface area contributed by atoms with Crippen LogP contribution in [0.3, 0.4) is 0 Å². The molecular weight excluding hydrogens is 267 g/mol. The van der Waals surface area contributed by atoms with Gasteiger partial charge in [0, 0.05) is 22.1 Å². The molecule has 1 fully saturated rings. The summed E-state index contributed by atoms with van der Waals surface area (Å²) in [6.45, 7) is 5.15. The van der Waals surface area contributed by atoms with Crippen molar-refractivity contribution in [2.45, 2.75) is 31.7 Å². The molecular formula is C14H20Cl2N2. The molecule has 1 saturated heterocycles. The van der Waals surface area contributed by atoms with Crippen LogP contribution in [0.5, 0.6) is 0 Å². The molecule has 1 aliphatic rings. The standard InChI is InChI=1S/C14H20Cl2N2/c1-14(10-17,18-6-2-3-7-18)9-11-4-5-12(15)8-13(11)16/h4-5,8H,2-3,6-7,9-10,17H2,1H3. The molecule has 1 atom stereocenters. The van der Waals surface area contributed by atoms with Gasteiger partial charge in [0.25, 0.3) is 0 Å². The lowest BCUT2D eigenvalue weighted by Crippen LogP contribution is -2.51. The normalized spacial score (nSPS) is 20.0. The summed E-state index contributed by atoms with van der Waals surface area (Å²) < 4.78 is 0. The molecule has 100 valence electrons. The second-order valence-electron chi connectivity index (χ2n) is 5.31. The molecule has 0 bridgehead atoms. The van der Waals surface area contributed by atoms with Gasteiger partial charge in [-0.2, -0.15) is 0 Å². The highest BCUT2D eigenvalue weighted by molar-refractivity contribution is 6.35. The maximum atomic E-state index is 6.26. The summed E-state index contributed by atoms with van der Waals surface area (Å²) >= 11 is 12.2. The van der Waals surface area contributed by atoms with Crippen LogP contribution in [-0.4, -0.2) is 30.1 Å². The van der Waals surface area contributed by atoms with Crippen molar-refractivity contribution in [3.05, 3.63) is 33.8 Å². The van der Waals surface area contributed by atoms with Crippen molar-refractivity contribution in [1.29, 1.82) is 0 Å². The van der Waals surface area contributed by atoms with Crippen LogP contribution in [0.2, 0.25) is 10.0 Å². The Labute approximate surface area is 119 Å². The van der Waals surface area contributed by atoms with Crippen LogP contribution in [0, 0.1) is 0 Å². The van der Waals surface area contributed by atoms with E-state index in [1.54, 1.807) is 6.07 Å². The van der Waals surface area contributed by atoms with Crippen LogP contribution in [0.25, 0.3) is 0 Å². The third kappa shape index (κ3) is 3.00. The summed E-state index contributed by atoms with van der Waals surface area (Å²) in [7, 11) is 0. The molecule has 1 aromatic carbocycles. The number of halogens is 2. The number of hydrogen-bond acceptors (Lipinski definition) is 2. The van der Waals surface area contributed by atoms with Gasteiger partial charge in [0.1, 0.15) is 0 Å². The number of nitrogens with two attached hydrogens (primary N) is 1. The molecule has 2 nitrogen and oxygen atoms in total. The Kier molecular flexibility index (Phi) is 4.54. The summed E-state index contributed by atoms with van der Waals surface area (Å²) in [5.41, 5.74) is 7.12. The molecule has 18 heavy (non-hydrogen) atoms. The Bertz CT molecular complexity index is 416. The average molecular weight is 287 g/mol. The Hall–Kier alpha value is -0.280. The van der Waals surface area contributed by atoms with Gasteiger partial charge in [-0.05, 0) is 57.0 Å². The largest absolute Gasteiger partial charge is 0.329 e. The van der Waals surface area contributed by atoms with E-state index < -0.39 is 0 Å². The molecule has 0 spiro atoms. The van der Waals surface area contributed by atoms with Crippen LogP contribution in [0.15, 0.2) is 18.2 Å². The maximum Gasteiger partial charge on any atom is 0.0453 e. The first kappa shape index (κ1) is 14.1. The minimum atomic E-state index is -0.00598. The molecule has 0 aliphatic carbocycles. The predicted molar refractivity (Wildman–Crippen MR) is 78.4 cm³/mol. The van der Waals surface area contributed by atoms with Gasteiger partial charge >= 0.3 is 0 Å². The van der Waals surface area contributed by atoms with Crippen LogP contribution >= 0.6 is 23.2 Å². The smallest absolute Gasteiger partial charge is 0.0453 e. The molecule has 0 amide bonds. The van der Waals surface area contributed by atoms with Gasteiger partial charge in [-0.15, -0.1) is 0 Å². The first-order valence-electron chi connectivity index (χ1n) is 6.44. The lowest BCUT2D eigenvalue weighted by atomic mass is 9.91. The third-order valence-electron chi connectivity index (χ3n) is 3.90. The van der Waals surface area contributed by atoms with Crippen molar-refractivity contribution < 1.29 is 0 Å². The molecule has 1 aromatic rings. The van der Waals surface area contributed by atoms with Crippen molar-refractivity contribution in [1.82, 2.24) is 4.90 Å². The van der Waals surface area contributed by atoms with Gasteiger partial charge in [-0.25, -0.2) is 0 Å². The van der Waals surface area contributed by atoms with E-state index in [1.165, 1.54) is 12.8 Å². The van der Waals surface area contributed by atoms with Crippen molar-refractivity contribution >= 4 is 23.2 Å². The van der Waals surface area contributed by atoms with E-state index in [1.807, 2.05) is 12.1 Å². The van der Waals surface area contributed by atoms with Gasteiger partial charge in [-0.3, -0.25) is 4.90 Å². The highest BCUT2D eigenvalue weighted by atomic mass is 35.5. The van der Waals surface area contributed by atoms with Crippen LogP contribution in [0.1, 0.15) is 25.3 Å². The summed E-state index contributed by atoms with van der Waals surface area (Å²) in [6.07, 6.45) is 3.41. The summed E-state index contributed by atoms with van der Waals surface area (Å²) in [4.78, 5) is 2.48. The molecule has 0 aromatic heterocycles. The zero-order valence-corrected chi connectivity index (χ0v) is 12.3. The second-order valence-corrected chi connectivity index (χ2v) is 6.15. The second kappa shape index (κ2) is 5.79. The molecule has 1 unspecified atom stereocenters. The Balaban J connectivity index is 2.18. The third-order valence-corrected chi connectivity index (χ3v) is 4.48. The maximum absolute atomic E-state index is 6.26. The zero-order valence-electron chi connectivity index (χ0n) is 10.8. The summed E-state index contributed by atoms with van der Waals surface area (Å²) in [5, 5.41) is 1.42. The quantitative estimate of drug-likeness (QED) is 0.920. The lowest BCUT2D eigenvalue weighted by Gasteiger charge is -2.38. The minimum absolute atomic E-state index is 0.00598. The van der Waals surface area contributed by atoms with Gasteiger partial charge in [0.15, 0.2) is 0 Å². The van der Waals surface area contributed by atoms with Crippen LogP contribution in [0.4, 0.5) is 0 Å². The van der Waals surface area contributed by atoms with Crippen LogP contribution < -0.4 is 5.73 Å². The molecule has 4 heteroatoms.